The van der Waals surface area contributed by atoms with E-state index in [1.165, 1.54) is 71.3 Å². The average molecular weight is 744 g/mol. The Kier molecular flexibility index (Phi) is 13.5. The summed E-state index contributed by atoms with van der Waals surface area (Å²) in [5.74, 6) is -7.78. The van der Waals surface area contributed by atoms with E-state index in [4.69, 9.17) is 24.2 Å². The number of pyridine rings is 1. The molecule has 0 bridgehead atoms. The first kappa shape index (κ1) is 42.9. The third-order valence-electron chi connectivity index (χ3n) is 9.78. The number of ether oxygens (including phenoxy) is 4. The molecule has 2 aliphatic carbocycles. The number of carbonyl (C=O) groups excluding carboxylic acids is 5. The number of hydrogen-bond donors (Lipinski definition) is 4. The Hall–Kier alpha value is -4.54. The van der Waals surface area contributed by atoms with Gasteiger partial charge in [0.15, 0.2) is 24.1 Å². The van der Waals surface area contributed by atoms with Gasteiger partial charge in [-0.05, 0) is 63.8 Å². The van der Waals surface area contributed by atoms with Gasteiger partial charge >= 0.3 is 23.9 Å². The number of fused-ring (bicyclic) bond motifs is 1. The number of Topliss-reactive ketones (excluding diaryl/α,β-unsaturated/α-hetero) is 1. The van der Waals surface area contributed by atoms with Crippen LogP contribution in [0.4, 0.5) is 0 Å². The molecule has 4 N–H and O–H groups in total. The monoisotopic (exact) mass is 743 g/mol. The summed E-state index contributed by atoms with van der Waals surface area (Å²) in [5, 5.41) is 45.3. The van der Waals surface area contributed by atoms with Gasteiger partial charge in [0.25, 0.3) is 0 Å². The molecule has 1 saturated carbocycles. The van der Waals surface area contributed by atoms with Gasteiger partial charge in [0.2, 0.25) is 0 Å². The topological polar surface area (TPSA) is 225 Å². The van der Waals surface area contributed by atoms with Crippen molar-refractivity contribution in [2.45, 2.75) is 110 Å². The van der Waals surface area contributed by atoms with Crippen LogP contribution >= 0.6 is 0 Å². The van der Waals surface area contributed by atoms with Crippen LogP contribution in [0, 0.1) is 17.3 Å². The van der Waals surface area contributed by atoms with Gasteiger partial charge in [0.1, 0.15) is 23.4 Å². The lowest BCUT2D eigenvalue weighted by Gasteiger charge is -2.44. The van der Waals surface area contributed by atoms with Crippen LogP contribution in [0.5, 0.6) is 0 Å². The summed E-state index contributed by atoms with van der Waals surface area (Å²) in [5.41, 5.74) is -7.27. The molecule has 2 aliphatic rings. The van der Waals surface area contributed by atoms with Gasteiger partial charge in [-0.3, -0.25) is 19.8 Å². The standard InChI is InChI=1S/C38H49NO14/c1-11-19(2)32(42)51-29-22(5)27(41)26-28(50-33(43)21(4)23(6)53-48)20(3)17-38(26,47)35(45)37(10,46)15-14-36(8,9)31(30(29)49-24(7)40)52-34(44)25-13-12-16-39-18-25/h11-16,18,20,23,26-31,41,46-48H,4-5,17H2,1-3,6-10H3/b15-14+,19-11-/t20-,23?,26-,27-,28-,29-,30+,31+,37+,38+/m0/s1. The molecule has 1 fully saturated rings. The Morgan fingerprint density at radius 1 is 1.02 bits per heavy atom. The van der Waals surface area contributed by atoms with Crippen molar-refractivity contribution in [1.82, 2.24) is 4.98 Å². The molecule has 0 aliphatic heterocycles. The number of rotatable bonds is 9. The molecule has 15 heteroatoms. The van der Waals surface area contributed by atoms with Crippen molar-refractivity contribution in [3.63, 3.8) is 0 Å². The summed E-state index contributed by atoms with van der Waals surface area (Å²) in [6.07, 6.45) is -4.01. The SMILES string of the molecule is C=C(C(=O)O[C@@H]1[C@@H]2[C@@H](O)C(=C)[C@H](OC(=O)/C(C)=C\C)[C@@H](OC(C)=O)[C@@H](OC(=O)c3cccnc3)C(C)(C)/C=C/[C@@](C)(O)C(=O)[C@@]2(O)C[C@@H]1C)C(C)OO. The minimum Gasteiger partial charge on any atom is -0.458 e. The molecule has 0 aromatic carbocycles. The number of aromatic nitrogens is 1. The average Bonchev–Trinajstić information content (AvgIpc) is 3.37. The number of ketones is 1. The van der Waals surface area contributed by atoms with E-state index >= 15 is 0 Å². The van der Waals surface area contributed by atoms with Crippen molar-refractivity contribution in [2.75, 3.05) is 0 Å². The Bertz CT molecular complexity index is 1660. The van der Waals surface area contributed by atoms with E-state index in [1.807, 2.05) is 0 Å². The van der Waals surface area contributed by atoms with Crippen LogP contribution in [0.15, 0.2) is 72.6 Å². The maximum Gasteiger partial charge on any atom is 0.340 e. The molecule has 290 valence electrons. The van der Waals surface area contributed by atoms with Crippen LogP contribution in [0.1, 0.15) is 72.2 Å². The van der Waals surface area contributed by atoms with Gasteiger partial charge in [0, 0.05) is 30.3 Å². The van der Waals surface area contributed by atoms with E-state index in [1.54, 1.807) is 6.92 Å². The molecule has 1 aromatic heterocycles. The fraction of sp³-hybridized carbons (Fsp3) is 0.526. The van der Waals surface area contributed by atoms with Crippen molar-refractivity contribution in [1.29, 1.82) is 0 Å². The molecule has 0 amide bonds. The van der Waals surface area contributed by atoms with E-state index in [0.717, 1.165) is 19.9 Å². The van der Waals surface area contributed by atoms with Crippen LogP contribution in [0.3, 0.4) is 0 Å². The lowest BCUT2D eigenvalue weighted by molar-refractivity contribution is -0.264. The van der Waals surface area contributed by atoms with E-state index in [2.05, 4.69) is 23.0 Å². The van der Waals surface area contributed by atoms with Gasteiger partial charge in [-0.1, -0.05) is 46.1 Å². The van der Waals surface area contributed by atoms with E-state index in [-0.39, 0.29) is 16.7 Å². The number of hydrogen-bond acceptors (Lipinski definition) is 15. The zero-order valence-corrected chi connectivity index (χ0v) is 31.1. The van der Waals surface area contributed by atoms with Gasteiger partial charge in [0.05, 0.1) is 23.2 Å². The van der Waals surface area contributed by atoms with Crippen LogP contribution in [-0.2, 0) is 43.0 Å². The van der Waals surface area contributed by atoms with E-state index in [9.17, 15) is 39.3 Å². The first-order chi connectivity index (χ1) is 24.5. The second-order valence-electron chi connectivity index (χ2n) is 14.4. The highest BCUT2D eigenvalue weighted by Gasteiger charge is 2.64. The first-order valence-corrected chi connectivity index (χ1v) is 16.9. The summed E-state index contributed by atoms with van der Waals surface area (Å²) >= 11 is 0. The van der Waals surface area contributed by atoms with E-state index < -0.39 is 107 Å². The molecule has 10 atom stereocenters. The highest BCUT2D eigenvalue weighted by atomic mass is 17.1. The molecule has 53 heavy (non-hydrogen) atoms. The molecule has 15 nitrogen and oxygen atoms in total. The molecule has 1 aromatic rings. The summed E-state index contributed by atoms with van der Waals surface area (Å²) in [7, 11) is 0. The Morgan fingerprint density at radius 2 is 1.66 bits per heavy atom. The van der Waals surface area contributed by atoms with Crippen molar-refractivity contribution in [3.05, 3.63) is 78.2 Å². The van der Waals surface area contributed by atoms with Gasteiger partial charge in [-0.15, -0.1) is 0 Å². The minimum absolute atomic E-state index is 0.00326. The number of aliphatic hydroxyl groups is 3. The second kappa shape index (κ2) is 16.6. The Balaban J connectivity index is 2.38. The van der Waals surface area contributed by atoms with Gasteiger partial charge in [-0.2, -0.15) is 0 Å². The quantitative estimate of drug-likeness (QED) is 0.0712. The highest BCUT2D eigenvalue weighted by Crippen LogP contribution is 2.49. The fourth-order valence-corrected chi connectivity index (χ4v) is 6.52. The zero-order chi connectivity index (χ0) is 40.2. The minimum atomic E-state index is -2.62. The lowest BCUT2D eigenvalue weighted by Crippen LogP contribution is -2.60. The third-order valence-corrected chi connectivity index (χ3v) is 9.78. The maximum atomic E-state index is 14.3. The third kappa shape index (κ3) is 9.16. The summed E-state index contributed by atoms with van der Waals surface area (Å²) in [4.78, 5) is 75.4. The Labute approximate surface area is 307 Å². The summed E-state index contributed by atoms with van der Waals surface area (Å²) < 4.78 is 23.3. The van der Waals surface area contributed by atoms with Gasteiger partial charge < -0.3 is 34.3 Å². The smallest absolute Gasteiger partial charge is 0.340 e. The van der Waals surface area contributed by atoms with Crippen molar-refractivity contribution >= 4 is 29.7 Å². The lowest BCUT2D eigenvalue weighted by atomic mass is 9.71. The number of carbonyl (C=O) groups is 5. The number of aliphatic hydroxyl groups excluding tert-OH is 1. The Morgan fingerprint density at radius 3 is 2.21 bits per heavy atom. The fourth-order valence-electron chi connectivity index (χ4n) is 6.52. The first-order valence-electron chi connectivity index (χ1n) is 16.9. The largest absolute Gasteiger partial charge is 0.458 e. The maximum absolute atomic E-state index is 14.3. The predicted octanol–water partition coefficient (Wildman–Crippen LogP) is 2.98. The van der Waals surface area contributed by atoms with Crippen molar-refractivity contribution < 1.29 is 68.4 Å². The molecule has 1 unspecified atom stereocenters. The molecule has 1 heterocycles. The number of esters is 4. The van der Waals surface area contributed by atoms with Crippen LogP contribution in [0.2, 0.25) is 0 Å². The van der Waals surface area contributed by atoms with Crippen LogP contribution in [-0.4, -0.2) is 103 Å². The number of nitrogens with zero attached hydrogens (tertiary/aromatic N) is 1. The van der Waals surface area contributed by atoms with Crippen LogP contribution in [0.25, 0.3) is 0 Å². The number of allylic oxidation sites excluding steroid dienone is 1. The molecule has 0 saturated heterocycles. The zero-order valence-electron chi connectivity index (χ0n) is 31.1. The van der Waals surface area contributed by atoms with Crippen molar-refractivity contribution in [3.8, 4) is 0 Å². The summed E-state index contributed by atoms with van der Waals surface area (Å²) in [6, 6.07) is 2.90. The molecule has 3 rings (SSSR count). The van der Waals surface area contributed by atoms with Gasteiger partial charge in [-0.25, -0.2) is 19.3 Å². The predicted molar refractivity (Wildman–Crippen MR) is 186 cm³/mol. The van der Waals surface area contributed by atoms with E-state index in [0.29, 0.717) is 0 Å². The van der Waals surface area contributed by atoms with Crippen molar-refractivity contribution in [2.24, 2.45) is 17.3 Å². The molecular formula is C38H49NO14. The van der Waals surface area contributed by atoms with Crippen LogP contribution < -0.4 is 0 Å². The highest BCUT2D eigenvalue weighted by molar-refractivity contribution is 5.97. The summed E-state index contributed by atoms with van der Waals surface area (Å²) in [6.45, 7) is 18.6. The molecule has 0 spiro atoms. The molecular weight excluding hydrogens is 694 g/mol. The normalized spacial score (nSPS) is 32.9. The second-order valence-corrected chi connectivity index (χ2v) is 14.4. The molecule has 0 radical (unpaired) electrons.